The predicted molar refractivity (Wildman–Crippen MR) is 179 cm³/mol. The van der Waals surface area contributed by atoms with Crippen LogP contribution >= 0.6 is 7.26 Å². The van der Waals surface area contributed by atoms with Gasteiger partial charge in [0, 0.05) is 30.4 Å². The summed E-state index contributed by atoms with van der Waals surface area (Å²) in [5.41, 5.74) is 1.49. The van der Waals surface area contributed by atoms with Crippen LogP contribution in [0.3, 0.4) is 0 Å². The quantitative estimate of drug-likeness (QED) is 0.0542. The van der Waals surface area contributed by atoms with Crippen molar-refractivity contribution in [3.63, 3.8) is 0 Å². The molecule has 0 radical (unpaired) electrons. The number of carbonyl (C=O) groups is 4. The van der Waals surface area contributed by atoms with Crippen molar-refractivity contribution in [2.24, 2.45) is 0 Å². The first kappa shape index (κ1) is 32.2. The summed E-state index contributed by atoms with van der Waals surface area (Å²) < 4.78 is 0. The van der Waals surface area contributed by atoms with E-state index in [4.69, 9.17) is 6.42 Å². The molecule has 0 fully saturated rings. The Balaban J connectivity index is 1.67. The lowest BCUT2D eigenvalue weighted by molar-refractivity contribution is -0.133. The van der Waals surface area contributed by atoms with Crippen molar-refractivity contribution in [3.8, 4) is 12.3 Å². The number of anilines is 2. The molecule has 0 saturated heterocycles. The van der Waals surface area contributed by atoms with Crippen molar-refractivity contribution < 1.29 is 24.3 Å². The smallest absolute Gasteiger partial charge is 0.284 e. The van der Waals surface area contributed by atoms with Gasteiger partial charge in [-0.05, 0) is 72.8 Å². The number of hydrogen-bond acceptors (Lipinski definition) is 6. The molecule has 0 heterocycles. The van der Waals surface area contributed by atoms with E-state index in [-0.39, 0.29) is 24.5 Å². The maximum absolute atomic E-state index is 12.6. The minimum absolute atomic E-state index is 0.0731. The average Bonchev–Trinajstić information content (AvgIpc) is 3.08. The largest absolute Gasteiger partial charge is 0.492 e. The maximum Gasteiger partial charge on any atom is 0.284 e. The van der Waals surface area contributed by atoms with Gasteiger partial charge in [-0.15, -0.1) is 12.3 Å². The molecule has 4 aromatic rings. The van der Waals surface area contributed by atoms with Crippen LogP contribution in [0.25, 0.3) is 0 Å². The van der Waals surface area contributed by atoms with Crippen LogP contribution in [-0.2, 0) is 14.4 Å². The van der Waals surface area contributed by atoms with E-state index < -0.39 is 25.1 Å². The van der Waals surface area contributed by atoms with Gasteiger partial charge in [0.25, 0.3) is 11.8 Å². The van der Waals surface area contributed by atoms with Crippen LogP contribution in [0.4, 0.5) is 11.4 Å². The molecule has 10 heteroatoms. The summed E-state index contributed by atoms with van der Waals surface area (Å²) in [6.07, 6.45) is 5.28. The SMILES string of the molecule is C#CC[C@H](NC(=O)C=O)C(=O)Nc1ccc(N/C(O)=C/[P+](c2ccccc2)(c2ccccc2)c2ccc(C(=O)NC)cc2)cc1. The van der Waals surface area contributed by atoms with E-state index in [0.717, 1.165) is 15.9 Å². The Bertz CT molecular complexity index is 1680. The van der Waals surface area contributed by atoms with Gasteiger partial charge in [-0.25, -0.2) is 0 Å². The summed E-state index contributed by atoms with van der Waals surface area (Å²) in [7, 11) is -1.02. The summed E-state index contributed by atoms with van der Waals surface area (Å²) in [4.78, 5) is 47.0. The normalized spacial score (nSPS) is 11.8. The zero-order valence-electron chi connectivity index (χ0n) is 24.4. The molecule has 0 spiro atoms. The van der Waals surface area contributed by atoms with Crippen molar-refractivity contribution >= 4 is 58.6 Å². The molecule has 0 saturated carbocycles. The van der Waals surface area contributed by atoms with Gasteiger partial charge in [-0.3, -0.25) is 19.2 Å². The highest BCUT2D eigenvalue weighted by atomic mass is 31.2. The summed E-state index contributed by atoms with van der Waals surface area (Å²) in [5.74, 6) is 2.34. The van der Waals surface area contributed by atoms with E-state index in [0.29, 0.717) is 16.9 Å². The van der Waals surface area contributed by atoms with Crippen molar-refractivity contribution in [2.75, 3.05) is 17.7 Å². The van der Waals surface area contributed by atoms with E-state index in [9.17, 15) is 24.3 Å². The monoisotopic (exact) mass is 619 g/mol. The third-order valence-electron chi connectivity index (χ3n) is 6.89. The van der Waals surface area contributed by atoms with Crippen LogP contribution < -0.4 is 37.2 Å². The second-order valence-corrected chi connectivity index (χ2v) is 13.1. The molecule has 1 atom stereocenters. The number of rotatable bonds is 12. The van der Waals surface area contributed by atoms with Gasteiger partial charge in [0.05, 0.1) is 0 Å². The van der Waals surface area contributed by atoms with Crippen molar-refractivity contribution in [1.82, 2.24) is 10.6 Å². The zero-order valence-corrected chi connectivity index (χ0v) is 25.3. The van der Waals surface area contributed by atoms with Gasteiger partial charge in [0.1, 0.15) is 35.0 Å². The molecule has 0 aromatic heterocycles. The van der Waals surface area contributed by atoms with E-state index in [1.165, 1.54) is 0 Å². The zero-order chi connectivity index (χ0) is 32.2. The standard InChI is InChI=1S/C35H31N4O5P/c1-3-10-31(39-32(41)23-40)35(44)38-27-19-17-26(18-20-27)37-33(42)24-45(28-11-6-4-7-12-28,29-13-8-5-9-14-29)30-21-15-25(16-22-30)34(43)36-2/h1,4-9,11-24,31H,10H2,2H3,(H4-,36,37,38,39,40,41,42,43,44)/p+1/b33-24-/t31-/m0/s1. The fraction of sp³-hybridized carbons (Fsp3) is 0.0857. The number of terminal acetylenes is 1. The highest BCUT2D eigenvalue weighted by Gasteiger charge is 2.44. The Labute approximate surface area is 262 Å². The molecule has 3 amide bonds. The molecule has 9 nitrogen and oxygen atoms in total. The summed E-state index contributed by atoms with van der Waals surface area (Å²) >= 11 is 0. The molecule has 0 aliphatic heterocycles. The molecule has 45 heavy (non-hydrogen) atoms. The molecule has 0 aliphatic rings. The van der Waals surface area contributed by atoms with Gasteiger partial charge in [0.2, 0.25) is 18.1 Å². The van der Waals surface area contributed by atoms with Crippen molar-refractivity contribution in [1.29, 1.82) is 0 Å². The fourth-order valence-corrected chi connectivity index (χ4v) is 8.43. The van der Waals surface area contributed by atoms with Gasteiger partial charge >= 0.3 is 0 Å². The number of benzene rings is 4. The van der Waals surface area contributed by atoms with Crippen molar-refractivity contribution in [2.45, 2.75) is 12.5 Å². The first-order valence-electron chi connectivity index (χ1n) is 13.9. The van der Waals surface area contributed by atoms with Crippen LogP contribution in [0.2, 0.25) is 0 Å². The molecule has 0 bridgehead atoms. The van der Waals surface area contributed by atoms with Gasteiger partial charge in [-0.1, -0.05) is 36.4 Å². The maximum atomic E-state index is 12.6. The molecule has 226 valence electrons. The number of aldehydes is 1. The van der Waals surface area contributed by atoms with Gasteiger partial charge in [-0.2, -0.15) is 0 Å². The number of carbonyl (C=O) groups excluding carboxylic acids is 4. The fourth-order valence-electron chi connectivity index (χ4n) is 4.75. The minimum Gasteiger partial charge on any atom is -0.492 e. The first-order valence-corrected chi connectivity index (χ1v) is 15.8. The molecular weight excluding hydrogens is 587 g/mol. The van der Waals surface area contributed by atoms with E-state index in [1.807, 2.05) is 78.6 Å². The Morgan fingerprint density at radius 2 is 1.31 bits per heavy atom. The van der Waals surface area contributed by atoms with Crippen LogP contribution in [-0.4, -0.2) is 42.2 Å². The number of hydrogen-bond donors (Lipinski definition) is 5. The Morgan fingerprint density at radius 3 is 1.80 bits per heavy atom. The van der Waals surface area contributed by atoms with E-state index >= 15 is 0 Å². The summed E-state index contributed by atoms with van der Waals surface area (Å²) in [6, 6.07) is 32.7. The topological polar surface area (TPSA) is 137 Å². The predicted octanol–water partition coefficient (Wildman–Crippen LogP) is 3.45. The molecule has 4 rings (SSSR count). The lowest BCUT2D eigenvalue weighted by Gasteiger charge is -2.24. The van der Waals surface area contributed by atoms with Crippen LogP contribution in [0.5, 0.6) is 0 Å². The van der Waals surface area contributed by atoms with E-state index in [1.54, 1.807) is 43.4 Å². The lowest BCUT2D eigenvalue weighted by atomic mass is 10.2. The molecular formula is C35H32N4O5P+. The Hall–Kier alpha value is -5.71. The molecule has 0 unspecified atom stereocenters. The third kappa shape index (κ3) is 7.82. The first-order chi connectivity index (χ1) is 21.8. The molecule has 4 aromatic carbocycles. The molecule has 5 N–H and O–H groups in total. The Morgan fingerprint density at radius 1 is 0.800 bits per heavy atom. The van der Waals surface area contributed by atoms with Crippen molar-refractivity contribution in [3.05, 3.63) is 126 Å². The summed E-state index contributed by atoms with van der Waals surface area (Å²) in [6.45, 7) is 0. The lowest BCUT2D eigenvalue weighted by Crippen LogP contribution is -2.44. The van der Waals surface area contributed by atoms with E-state index in [2.05, 4.69) is 27.2 Å². The second-order valence-electron chi connectivity index (χ2n) is 9.81. The average molecular weight is 620 g/mol. The number of aliphatic hydroxyl groups is 1. The van der Waals surface area contributed by atoms with Crippen LogP contribution in [0.1, 0.15) is 16.8 Å². The Kier molecular flexibility index (Phi) is 10.8. The minimum atomic E-state index is -2.60. The van der Waals surface area contributed by atoms with Crippen LogP contribution in [0, 0.1) is 12.3 Å². The number of nitrogens with one attached hydrogen (secondary N) is 4. The molecule has 0 aliphatic carbocycles. The number of amides is 3. The second kappa shape index (κ2) is 15.1. The van der Waals surface area contributed by atoms with Gasteiger partial charge in [0.15, 0.2) is 0 Å². The summed E-state index contributed by atoms with van der Waals surface area (Å²) in [5, 5.41) is 25.0. The van der Waals surface area contributed by atoms with Gasteiger partial charge < -0.3 is 26.4 Å². The highest BCUT2D eigenvalue weighted by molar-refractivity contribution is 7.98. The highest BCUT2D eigenvalue weighted by Crippen LogP contribution is 2.57. The van der Waals surface area contributed by atoms with Crippen LogP contribution in [0.15, 0.2) is 121 Å². The third-order valence-corrected chi connectivity index (χ3v) is 10.9. The number of aliphatic hydroxyl groups excluding tert-OH is 1.